The first-order valence-electron chi connectivity index (χ1n) is 5.05. The van der Waals surface area contributed by atoms with Crippen molar-refractivity contribution in [2.75, 3.05) is 11.1 Å². The van der Waals surface area contributed by atoms with Crippen molar-refractivity contribution in [1.29, 1.82) is 0 Å². The molecule has 0 aliphatic carbocycles. The molecule has 1 aromatic carbocycles. The number of nitrogens with zero attached hydrogens (tertiary/aromatic N) is 2. The molecule has 0 bridgehead atoms. The number of nitrogen functional groups attached to an aromatic ring is 1. The lowest BCUT2D eigenvalue weighted by molar-refractivity contribution is -0.136. The molecular weight excluding hydrogens is 301 g/mol. The molecule has 0 saturated heterocycles. The third-order valence-corrected chi connectivity index (χ3v) is 2.50. The van der Waals surface area contributed by atoms with Crippen LogP contribution in [-0.2, 0) is 6.18 Å². The van der Waals surface area contributed by atoms with Gasteiger partial charge in [-0.15, -0.1) is 0 Å². The SMILES string of the molecule is Nc1nonc1C(=O)Nc1ccc(Cl)cc1C(F)(F)F. The van der Waals surface area contributed by atoms with Crippen molar-refractivity contribution in [2.24, 2.45) is 0 Å². The zero-order valence-electron chi connectivity index (χ0n) is 9.53. The minimum Gasteiger partial charge on any atom is -0.379 e. The van der Waals surface area contributed by atoms with Crippen LogP contribution in [0.25, 0.3) is 0 Å². The number of amides is 1. The van der Waals surface area contributed by atoms with E-state index in [1.54, 1.807) is 0 Å². The van der Waals surface area contributed by atoms with E-state index in [-0.39, 0.29) is 10.8 Å². The van der Waals surface area contributed by atoms with Crippen molar-refractivity contribution in [3.8, 4) is 0 Å². The number of hydrogen-bond acceptors (Lipinski definition) is 5. The number of nitrogens with one attached hydrogen (secondary N) is 1. The monoisotopic (exact) mass is 306 g/mol. The van der Waals surface area contributed by atoms with Gasteiger partial charge in [-0.05, 0) is 28.5 Å². The average molecular weight is 307 g/mol. The fraction of sp³-hybridized carbons (Fsp3) is 0.100. The molecule has 1 aromatic heterocycles. The van der Waals surface area contributed by atoms with Crippen molar-refractivity contribution >= 4 is 29.0 Å². The van der Waals surface area contributed by atoms with Crippen LogP contribution in [0.2, 0.25) is 5.02 Å². The first-order chi connectivity index (χ1) is 9.29. The van der Waals surface area contributed by atoms with Crippen molar-refractivity contribution in [1.82, 2.24) is 10.3 Å². The number of aromatic nitrogens is 2. The van der Waals surface area contributed by atoms with Crippen LogP contribution in [-0.4, -0.2) is 16.2 Å². The number of benzene rings is 1. The first kappa shape index (κ1) is 14.1. The maximum absolute atomic E-state index is 12.8. The molecule has 3 N–H and O–H groups in total. The van der Waals surface area contributed by atoms with Gasteiger partial charge in [0.15, 0.2) is 0 Å². The molecule has 1 amide bonds. The number of halogens is 4. The van der Waals surface area contributed by atoms with E-state index in [2.05, 4.69) is 14.9 Å². The highest BCUT2D eigenvalue weighted by atomic mass is 35.5. The average Bonchev–Trinajstić information content (AvgIpc) is 2.76. The van der Waals surface area contributed by atoms with Crippen LogP contribution >= 0.6 is 11.6 Å². The Labute approximate surface area is 114 Å². The molecule has 106 valence electrons. The van der Waals surface area contributed by atoms with Crippen LogP contribution in [0.5, 0.6) is 0 Å². The predicted octanol–water partition coefficient (Wildman–Crippen LogP) is 2.58. The second-order valence-electron chi connectivity index (χ2n) is 3.64. The van der Waals surface area contributed by atoms with E-state index in [4.69, 9.17) is 17.3 Å². The van der Waals surface area contributed by atoms with Gasteiger partial charge in [-0.25, -0.2) is 4.63 Å². The molecule has 0 fully saturated rings. The number of carbonyl (C=O) groups is 1. The summed E-state index contributed by atoms with van der Waals surface area (Å²) in [5.41, 5.74) is 3.30. The molecule has 0 aliphatic heterocycles. The summed E-state index contributed by atoms with van der Waals surface area (Å²) >= 11 is 5.51. The Morgan fingerprint density at radius 2 is 2.05 bits per heavy atom. The van der Waals surface area contributed by atoms with Gasteiger partial charge in [-0.3, -0.25) is 4.79 Å². The minimum absolute atomic E-state index is 0.113. The lowest BCUT2D eigenvalue weighted by Gasteiger charge is -2.13. The summed E-state index contributed by atoms with van der Waals surface area (Å²) in [5, 5.41) is 8.26. The highest BCUT2D eigenvalue weighted by Crippen LogP contribution is 2.36. The first-order valence-corrected chi connectivity index (χ1v) is 5.43. The van der Waals surface area contributed by atoms with E-state index in [1.165, 1.54) is 6.07 Å². The van der Waals surface area contributed by atoms with Crippen LogP contribution in [0.3, 0.4) is 0 Å². The summed E-state index contributed by atoms with van der Waals surface area (Å²) in [5.74, 6) is -1.30. The van der Waals surface area contributed by atoms with Crippen LogP contribution < -0.4 is 11.1 Å². The third kappa shape index (κ3) is 2.82. The maximum Gasteiger partial charge on any atom is 0.418 e. The standard InChI is InChI=1S/C10H6ClF3N4O2/c11-4-1-2-6(5(3-4)10(12,13)14)16-9(19)7-8(15)18-20-17-7/h1-3H,(H2,15,18)(H,16,19). The fourth-order valence-corrected chi connectivity index (χ4v) is 1.57. The van der Waals surface area contributed by atoms with Gasteiger partial charge < -0.3 is 11.1 Å². The van der Waals surface area contributed by atoms with E-state index in [9.17, 15) is 18.0 Å². The second-order valence-corrected chi connectivity index (χ2v) is 4.08. The van der Waals surface area contributed by atoms with Crippen LogP contribution in [0.4, 0.5) is 24.7 Å². The molecule has 20 heavy (non-hydrogen) atoms. The number of hydrogen-bond donors (Lipinski definition) is 2. The quantitative estimate of drug-likeness (QED) is 0.889. The highest BCUT2D eigenvalue weighted by molar-refractivity contribution is 6.30. The molecule has 10 heteroatoms. The molecule has 0 radical (unpaired) electrons. The molecule has 0 aliphatic rings. The van der Waals surface area contributed by atoms with E-state index in [0.29, 0.717) is 6.07 Å². The van der Waals surface area contributed by atoms with Crippen molar-refractivity contribution in [2.45, 2.75) is 6.18 Å². The van der Waals surface area contributed by atoms with E-state index >= 15 is 0 Å². The molecule has 6 nitrogen and oxygen atoms in total. The van der Waals surface area contributed by atoms with Crippen LogP contribution in [0.15, 0.2) is 22.8 Å². The summed E-state index contributed by atoms with van der Waals surface area (Å²) < 4.78 is 42.6. The van der Waals surface area contributed by atoms with Crippen molar-refractivity contribution in [3.05, 3.63) is 34.5 Å². The number of nitrogens with two attached hydrogens (primary N) is 1. The van der Waals surface area contributed by atoms with E-state index in [1.807, 2.05) is 5.32 Å². The zero-order valence-corrected chi connectivity index (χ0v) is 10.3. The van der Waals surface area contributed by atoms with Gasteiger partial charge in [0.05, 0.1) is 11.3 Å². The summed E-state index contributed by atoms with van der Waals surface area (Å²) in [6.07, 6.45) is -4.68. The normalized spacial score (nSPS) is 11.4. The molecule has 0 atom stereocenters. The van der Waals surface area contributed by atoms with Gasteiger partial charge >= 0.3 is 6.18 Å². The van der Waals surface area contributed by atoms with Gasteiger partial charge in [0.1, 0.15) is 0 Å². The van der Waals surface area contributed by atoms with Gasteiger partial charge in [0.2, 0.25) is 11.5 Å². The molecule has 0 spiro atoms. The van der Waals surface area contributed by atoms with Crippen molar-refractivity contribution < 1.29 is 22.6 Å². The summed E-state index contributed by atoms with van der Waals surface area (Å²) in [6, 6.07) is 2.92. The zero-order chi connectivity index (χ0) is 14.9. The smallest absolute Gasteiger partial charge is 0.379 e. The Balaban J connectivity index is 2.35. The number of rotatable bonds is 2. The lowest BCUT2D eigenvalue weighted by atomic mass is 10.1. The van der Waals surface area contributed by atoms with Gasteiger partial charge in [-0.2, -0.15) is 13.2 Å². The van der Waals surface area contributed by atoms with Gasteiger partial charge in [0.25, 0.3) is 5.91 Å². The van der Waals surface area contributed by atoms with E-state index in [0.717, 1.165) is 6.07 Å². The Morgan fingerprint density at radius 3 is 2.60 bits per heavy atom. The molecule has 1 heterocycles. The van der Waals surface area contributed by atoms with Crippen LogP contribution in [0, 0.1) is 0 Å². The summed E-state index contributed by atoms with van der Waals surface area (Å²) in [4.78, 5) is 11.7. The predicted molar refractivity (Wildman–Crippen MR) is 63.1 cm³/mol. The molecule has 0 saturated carbocycles. The fourth-order valence-electron chi connectivity index (χ4n) is 1.39. The molecule has 2 aromatic rings. The van der Waals surface area contributed by atoms with Crippen LogP contribution in [0.1, 0.15) is 16.1 Å². The Kier molecular flexibility index (Phi) is 3.53. The number of carbonyl (C=O) groups excluding carboxylic acids is 1. The largest absolute Gasteiger partial charge is 0.418 e. The summed E-state index contributed by atoms with van der Waals surface area (Å²) in [7, 11) is 0. The number of anilines is 2. The highest BCUT2D eigenvalue weighted by Gasteiger charge is 2.34. The maximum atomic E-state index is 12.8. The summed E-state index contributed by atoms with van der Waals surface area (Å²) in [6.45, 7) is 0. The van der Waals surface area contributed by atoms with Gasteiger partial charge in [0, 0.05) is 5.02 Å². The Hall–Kier alpha value is -2.29. The number of alkyl halides is 3. The van der Waals surface area contributed by atoms with Crippen molar-refractivity contribution in [3.63, 3.8) is 0 Å². The molecule has 0 unspecified atom stereocenters. The molecular formula is C10H6ClF3N4O2. The second kappa shape index (κ2) is 5.00. The van der Waals surface area contributed by atoms with Gasteiger partial charge in [-0.1, -0.05) is 11.6 Å². The minimum atomic E-state index is -4.68. The Morgan fingerprint density at radius 1 is 1.35 bits per heavy atom. The topological polar surface area (TPSA) is 94.0 Å². The lowest BCUT2D eigenvalue weighted by Crippen LogP contribution is -2.18. The van der Waals surface area contributed by atoms with E-state index < -0.39 is 29.0 Å². The molecule has 2 rings (SSSR count). The third-order valence-electron chi connectivity index (χ3n) is 2.26. The Bertz CT molecular complexity index is 656.